The number of hydrogen-bond donors (Lipinski definition) is 2. The van der Waals surface area contributed by atoms with Crippen LogP contribution in [0.15, 0.2) is 18.2 Å². The van der Waals surface area contributed by atoms with Crippen LogP contribution >= 0.6 is 0 Å². The number of anilines is 2. The summed E-state index contributed by atoms with van der Waals surface area (Å²) in [4.78, 5) is 11.7. The van der Waals surface area contributed by atoms with Gasteiger partial charge in [0.05, 0.1) is 12.3 Å². The number of amides is 1. The van der Waals surface area contributed by atoms with Crippen molar-refractivity contribution in [1.82, 2.24) is 0 Å². The highest BCUT2D eigenvalue weighted by Crippen LogP contribution is 2.17. The Kier molecular flexibility index (Phi) is 5.31. The summed E-state index contributed by atoms with van der Waals surface area (Å²) in [6.07, 6.45) is 1.94. The van der Waals surface area contributed by atoms with E-state index in [2.05, 4.69) is 5.32 Å². The minimum Gasteiger partial charge on any atom is -0.396 e. The van der Waals surface area contributed by atoms with Gasteiger partial charge in [0, 0.05) is 18.9 Å². The van der Waals surface area contributed by atoms with E-state index >= 15 is 0 Å². The summed E-state index contributed by atoms with van der Waals surface area (Å²) in [6.45, 7) is 2.06. The van der Waals surface area contributed by atoms with Gasteiger partial charge >= 0.3 is 0 Å². The van der Waals surface area contributed by atoms with Gasteiger partial charge < -0.3 is 20.5 Å². The minimum atomic E-state index is -0.501. The van der Waals surface area contributed by atoms with Gasteiger partial charge in [0.2, 0.25) is 5.91 Å². The van der Waals surface area contributed by atoms with Crippen LogP contribution in [0.4, 0.5) is 15.8 Å². The molecule has 1 saturated heterocycles. The van der Waals surface area contributed by atoms with E-state index in [-0.39, 0.29) is 18.2 Å². The number of carbonyl (C=O) groups excluding carboxylic acids is 1. The molecule has 1 aliphatic heterocycles. The van der Waals surface area contributed by atoms with Crippen molar-refractivity contribution < 1.29 is 18.7 Å². The third kappa shape index (κ3) is 4.47. The topological polar surface area (TPSA) is 73.6 Å². The predicted octanol–water partition coefficient (Wildman–Crippen LogP) is 1.79. The summed E-state index contributed by atoms with van der Waals surface area (Å²) in [6, 6.07) is 4.06. The fourth-order valence-electron chi connectivity index (χ4n) is 2.05. The lowest BCUT2D eigenvalue weighted by atomic mass is 10.0. The zero-order chi connectivity index (χ0) is 14.4. The molecule has 1 aromatic rings. The SMILES string of the molecule is Nc1cc(NC(=O)COCC2CCOCC2)ccc1F. The number of nitrogen functional groups attached to an aromatic ring is 1. The van der Waals surface area contributed by atoms with Gasteiger partial charge in [-0.25, -0.2) is 4.39 Å². The number of benzene rings is 1. The fourth-order valence-corrected chi connectivity index (χ4v) is 2.05. The first kappa shape index (κ1) is 14.7. The number of halogens is 1. The van der Waals surface area contributed by atoms with Crippen molar-refractivity contribution >= 4 is 17.3 Å². The normalized spacial score (nSPS) is 16.1. The van der Waals surface area contributed by atoms with Crippen LogP contribution in [0.25, 0.3) is 0 Å². The number of hydrogen-bond acceptors (Lipinski definition) is 4. The molecule has 110 valence electrons. The van der Waals surface area contributed by atoms with Gasteiger partial charge in [0.25, 0.3) is 0 Å². The molecule has 0 aliphatic carbocycles. The number of rotatable bonds is 5. The van der Waals surface area contributed by atoms with Gasteiger partial charge in [-0.3, -0.25) is 4.79 Å². The van der Waals surface area contributed by atoms with Crippen molar-refractivity contribution in [1.29, 1.82) is 0 Å². The maximum Gasteiger partial charge on any atom is 0.250 e. The molecule has 0 atom stereocenters. The van der Waals surface area contributed by atoms with E-state index in [1.165, 1.54) is 18.2 Å². The molecule has 20 heavy (non-hydrogen) atoms. The van der Waals surface area contributed by atoms with E-state index in [0.717, 1.165) is 26.1 Å². The van der Waals surface area contributed by atoms with Crippen molar-refractivity contribution in [3.05, 3.63) is 24.0 Å². The van der Waals surface area contributed by atoms with Gasteiger partial charge in [-0.05, 0) is 37.0 Å². The Morgan fingerprint density at radius 1 is 1.45 bits per heavy atom. The Balaban J connectivity index is 1.70. The summed E-state index contributed by atoms with van der Waals surface area (Å²) < 4.78 is 23.6. The largest absolute Gasteiger partial charge is 0.396 e. The van der Waals surface area contributed by atoms with Gasteiger partial charge in [-0.1, -0.05) is 0 Å². The Morgan fingerprint density at radius 2 is 2.20 bits per heavy atom. The smallest absolute Gasteiger partial charge is 0.250 e. The standard InChI is InChI=1S/C14H19FN2O3/c15-12-2-1-11(7-13(12)16)17-14(18)9-20-8-10-3-5-19-6-4-10/h1-2,7,10H,3-6,8-9,16H2,(H,17,18). The number of nitrogens with one attached hydrogen (secondary N) is 1. The molecule has 2 rings (SSSR count). The molecule has 1 aromatic carbocycles. The lowest BCUT2D eigenvalue weighted by molar-refractivity contribution is -0.121. The molecular formula is C14H19FN2O3. The van der Waals surface area contributed by atoms with Gasteiger partial charge in [-0.2, -0.15) is 0 Å². The van der Waals surface area contributed by atoms with Gasteiger partial charge in [0.15, 0.2) is 0 Å². The summed E-state index contributed by atoms with van der Waals surface area (Å²) >= 11 is 0. The van der Waals surface area contributed by atoms with Crippen molar-refractivity contribution in [2.24, 2.45) is 5.92 Å². The second-order valence-corrected chi connectivity index (χ2v) is 4.86. The highest BCUT2D eigenvalue weighted by atomic mass is 19.1. The quantitative estimate of drug-likeness (QED) is 0.807. The molecule has 0 unspecified atom stereocenters. The fraction of sp³-hybridized carbons (Fsp3) is 0.500. The molecule has 1 amide bonds. The van der Waals surface area contributed by atoms with Crippen LogP contribution in [0.5, 0.6) is 0 Å². The zero-order valence-corrected chi connectivity index (χ0v) is 11.2. The average Bonchev–Trinajstić information content (AvgIpc) is 2.44. The molecule has 0 radical (unpaired) electrons. The second-order valence-electron chi connectivity index (χ2n) is 4.86. The second kappa shape index (κ2) is 7.21. The molecule has 1 fully saturated rings. The molecule has 0 spiro atoms. The average molecular weight is 282 g/mol. The van der Waals surface area contributed by atoms with Crippen LogP contribution < -0.4 is 11.1 Å². The van der Waals surface area contributed by atoms with Crippen LogP contribution in [0.3, 0.4) is 0 Å². The van der Waals surface area contributed by atoms with Gasteiger partial charge in [0.1, 0.15) is 12.4 Å². The molecule has 0 bridgehead atoms. The molecule has 3 N–H and O–H groups in total. The van der Waals surface area contributed by atoms with Crippen LogP contribution in [0.2, 0.25) is 0 Å². The molecule has 1 aliphatic rings. The van der Waals surface area contributed by atoms with Crippen LogP contribution in [-0.4, -0.2) is 32.3 Å². The first-order chi connectivity index (χ1) is 9.65. The zero-order valence-electron chi connectivity index (χ0n) is 11.2. The van der Waals surface area contributed by atoms with Crippen LogP contribution in [0.1, 0.15) is 12.8 Å². The Bertz CT molecular complexity index is 462. The van der Waals surface area contributed by atoms with E-state index in [1.54, 1.807) is 0 Å². The summed E-state index contributed by atoms with van der Waals surface area (Å²) in [5, 5.41) is 2.61. The summed E-state index contributed by atoms with van der Waals surface area (Å²) in [7, 11) is 0. The van der Waals surface area contributed by atoms with E-state index in [1.807, 2.05) is 0 Å². The number of nitrogens with two attached hydrogens (primary N) is 1. The monoisotopic (exact) mass is 282 g/mol. The molecule has 5 nitrogen and oxygen atoms in total. The Labute approximate surface area is 117 Å². The molecular weight excluding hydrogens is 263 g/mol. The van der Waals surface area contributed by atoms with E-state index in [0.29, 0.717) is 18.2 Å². The van der Waals surface area contributed by atoms with E-state index in [4.69, 9.17) is 15.2 Å². The molecule has 0 saturated carbocycles. The van der Waals surface area contributed by atoms with Crippen molar-refractivity contribution in [2.45, 2.75) is 12.8 Å². The lowest BCUT2D eigenvalue weighted by Gasteiger charge is -2.21. The highest BCUT2D eigenvalue weighted by molar-refractivity contribution is 5.92. The minimum absolute atomic E-state index is 0.00549. The number of ether oxygens (including phenoxy) is 2. The molecule has 1 heterocycles. The van der Waals surface area contributed by atoms with Crippen molar-refractivity contribution in [2.75, 3.05) is 37.5 Å². The Hall–Kier alpha value is -1.66. The summed E-state index contributed by atoms with van der Waals surface area (Å²) in [5.41, 5.74) is 5.89. The number of carbonyl (C=O) groups is 1. The van der Waals surface area contributed by atoms with Crippen LogP contribution in [-0.2, 0) is 14.3 Å². The van der Waals surface area contributed by atoms with Gasteiger partial charge in [-0.15, -0.1) is 0 Å². The van der Waals surface area contributed by atoms with E-state index in [9.17, 15) is 9.18 Å². The highest BCUT2D eigenvalue weighted by Gasteiger charge is 2.14. The van der Waals surface area contributed by atoms with Crippen molar-refractivity contribution in [3.63, 3.8) is 0 Å². The third-order valence-electron chi connectivity index (χ3n) is 3.21. The van der Waals surface area contributed by atoms with Crippen molar-refractivity contribution in [3.8, 4) is 0 Å². The maximum absolute atomic E-state index is 13.0. The Morgan fingerprint density at radius 3 is 2.90 bits per heavy atom. The molecule has 0 aromatic heterocycles. The lowest BCUT2D eigenvalue weighted by Crippen LogP contribution is -2.24. The van der Waals surface area contributed by atoms with Crippen LogP contribution in [0, 0.1) is 11.7 Å². The maximum atomic E-state index is 13.0. The summed E-state index contributed by atoms with van der Waals surface area (Å²) in [5.74, 6) is -0.320. The predicted molar refractivity (Wildman–Crippen MR) is 73.8 cm³/mol. The first-order valence-corrected chi connectivity index (χ1v) is 6.65. The first-order valence-electron chi connectivity index (χ1n) is 6.65. The third-order valence-corrected chi connectivity index (χ3v) is 3.21. The molecule has 6 heteroatoms. The van der Waals surface area contributed by atoms with E-state index < -0.39 is 5.82 Å².